The first-order valence-corrected chi connectivity index (χ1v) is 6.56. The Balaban J connectivity index is 1.96. The summed E-state index contributed by atoms with van der Waals surface area (Å²) in [5.74, 6) is -0.411. The number of rotatable bonds is 4. The van der Waals surface area contributed by atoms with Crippen molar-refractivity contribution in [2.24, 2.45) is 0 Å². The van der Waals surface area contributed by atoms with Crippen LogP contribution in [0.4, 0.5) is 14.7 Å². The molecule has 1 aromatic carbocycles. The Morgan fingerprint density at radius 2 is 2.04 bits per heavy atom. The first-order chi connectivity index (χ1) is 11.1. The fourth-order valence-corrected chi connectivity index (χ4v) is 1.97. The maximum absolute atomic E-state index is 13.4. The number of aryl methyl sites for hydroxylation is 1. The van der Waals surface area contributed by atoms with E-state index in [0.717, 1.165) is 4.68 Å². The molecular formula is C13H11F2N7O. The molecule has 2 aromatic heterocycles. The van der Waals surface area contributed by atoms with Crippen molar-refractivity contribution in [1.82, 2.24) is 30.2 Å². The van der Waals surface area contributed by atoms with E-state index in [-0.39, 0.29) is 5.95 Å². The van der Waals surface area contributed by atoms with Crippen molar-refractivity contribution >= 4 is 11.9 Å². The van der Waals surface area contributed by atoms with E-state index in [9.17, 15) is 13.6 Å². The molecule has 0 radical (unpaired) electrons. The molecule has 118 valence electrons. The Kier molecular flexibility index (Phi) is 3.79. The predicted molar refractivity (Wildman–Crippen MR) is 75.4 cm³/mol. The number of aromatic amines is 1. The molecule has 0 aliphatic rings. The van der Waals surface area contributed by atoms with Crippen molar-refractivity contribution in [3.05, 3.63) is 47.5 Å². The summed E-state index contributed by atoms with van der Waals surface area (Å²) in [4.78, 5) is 16.0. The van der Waals surface area contributed by atoms with Gasteiger partial charge in [0.05, 0.1) is 5.69 Å². The number of aromatic nitrogens is 6. The zero-order valence-electron chi connectivity index (χ0n) is 11.9. The molecule has 0 saturated heterocycles. The van der Waals surface area contributed by atoms with Gasteiger partial charge in [-0.1, -0.05) is 23.4 Å². The number of carbonyl (C=O) groups is 1. The summed E-state index contributed by atoms with van der Waals surface area (Å²) < 4.78 is 27.7. The van der Waals surface area contributed by atoms with E-state index >= 15 is 0 Å². The number of amides is 1. The number of alkyl halides is 2. The number of para-hydroxylation sites is 1. The number of halogens is 2. The Bertz CT molecular complexity index is 828. The number of benzene rings is 1. The molecule has 10 heteroatoms. The predicted octanol–water partition coefficient (Wildman–Crippen LogP) is 1.88. The van der Waals surface area contributed by atoms with Crippen LogP contribution in [0.5, 0.6) is 0 Å². The number of hydrogen-bond acceptors (Lipinski definition) is 5. The van der Waals surface area contributed by atoms with E-state index in [1.807, 2.05) is 0 Å². The lowest BCUT2D eigenvalue weighted by atomic mass is 10.2. The van der Waals surface area contributed by atoms with Crippen LogP contribution in [-0.4, -0.2) is 36.1 Å². The number of hydrogen-bond donors (Lipinski definition) is 2. The third-order valence-electron chi connectivity index (χ3n) is 2.95. The number of H-pyrrole nitrogens is 1. The van der Waals surface area contributed by atoms with Gasteiger partial charge < -0.3 is 0 Å². The highest BCUT2D eigenvalue weighted by molar-refractivity contribution is 6.02. The van der Waals surface area contributed by atoms with Gasteiger partial charge in [0, 0.05) is 0 Å². The van der Waals surface area contributed by atoms with Crippen molar-refractivity contribution in [2.45, 2.75) is 13.3 Å². The van der Waals surface area contributed by atoms with Gasteiger partial charge in [-0.2, -0.15) is 4.98 Å². The van der Waals surface area contributed by atoms with E-state index in [0.29, 0.717) is 11.5 Å². The number of nitrogens with one attached hydrogen (secondary N) is 2. The molecule has 0 bridgehead atoms. The average Bonchev–Trinajstić information content (AvgIpc) is 3.14. The van der Waals surface area contributed by atoms with E-state index < -0.39 is 23.7 Å². The maximum Gasteiger partial charge on any atom is 0.282 e. The fourth-order valence-electron chi connectivity index (χ4n) is 1.97. The Morgan fingerprint density at radius 1 is 1.30 bits per heavy atom. The minimum absolute atomic E-state index is 0.0259. The smallest absolute Gasteiger partial charge is 0.282 e. The zero-order chi connectivity index (χ0) is 16.4. The van der Waals surface area contributed by atoms with Gasteiger partial charge in [-0.15, -0.1) is 10.2 Å². The first-order valence-electron chi connectivity index (χ1n) is 6.56. The van der Waals surface area contributed by atoms with Gasteiger partial charge in [0.25, 0.3) is 12.3 Å². The summed E-state index contributed by atoms with van der Waals surface area (Å²) >= 11 is 0. The lowest BCUT2D eigenvalue weighted by Crippen LogP contribution is -2.16. The lowest BCUT2D eigenvalue weighted by Gasteiger charge is -2.06. The molecule has 2 heterocycles. The van der Waals surface area contributed by atoms with Crippen molar-refractivity contribution in [3.63, 3.8) is 0 Å². The van der Waals surface area contributed by atoms with Crippen LogP contribution in [0.3, 0.4) is 0 Å². The topological polar surface area (TPSA) is 101 Å². The van der Waals surface area contributed by atoms with Gasteiger partial charge in [-0.05, 0) is 19.1 Å². The molecule has 8 nitrogen and oxygen atoms in total. The van der Waals surface area contributed by atoms with Crippen LogP contribution >= 0.6 is 0 Å². The van der Waals surface area contributed by atoms with Gasteiger partial charge in [0.1, 0.15) is 11.5 Å². The van der Waals surface area contributed by atoms with E-state index in [4.69, 9.17) is 0 Å². The standard InChI is InChI=1S/C13H11F2N7O/c1-7-16-13(20-18-7)17-12(23)9-10(11(14)15)22(21-19-9)8-5-3-2-4-6-8/h2-6,11H,1H3,(H2,16,17,18,20,23). The van der Waals surface area contributed by atoms with Gasteiger partial charge in [0.15, 0.2) is 5.69 Å². The third kappa shape index (κ3) is 2.91. The summed E-state index contributed by atoms with van der Waals surface area (Å²) in [6, 6.07) is 8.24. The van der Waals surface area contributed by atoms with Crippen molar-refractivity contribution in [3.8, 4) is 5.69 Å². The maximum atomic E-state index is 13.4. The van der Waals surface area contributed by atoms with Crippen LogP contribution in [0.15, 0.2) is 30.3 Å². The fraction of sp³-hybridized carbons (Fsp3) is 0.154. The second kappa shape index (κ2) is 5.91. The van der Waals surface area contributed by atoms with Crippen molar-refractivity contribution in [2.75, 3.05) is 5.32 Å². The molecule has 0 aliphatic carbocycles. The minimum atomic E-state index is -2.93. The van der Waals surface area contributed by atoms with Crippen LogP contribution in [0.2, 0.25) is 0 Å². The number of carbonyl (C=O) groups excluding carboxylic acids is 1. The molecule has 0 fully saturated rings. The molecule has 3 aromatic rings. The molecule has 0 atom stereocenters. The van der Waals surface area contributed by atoms with Crippen LogP contribution < -0.4 is 5.32 Å². The zero-order valence-corrected chi connectivity index (χ0v) is 11.9. The molecule has 0 spiro atoms. The highest BCUT2D eigenvalue weighted by atomic mass is 19.3. The van der Waals surface area contributed by atoms with Crippen LogP contribution in [0.25, 0.3) is 5.69 Å². The van der Waals surface area contributed by atoms with Crippen molar-refractivity contribution in [1.29, 1.82) is 0 Å². The summed E-state index contributed by atoms with van der Waals surface area (Å²) in [5.41, 5.74) is -0.699. The lowest BCUT2D eigenvalue weighted by molar-refractivity contribution is 0.0999. The monoisotopic (exact) mass is 319 g/mol. The van der Waals surface area contributed by atoms with Crippen molar-refractivity contribution < 1.29 is 13.6 Å². The van der Waals surface area contributed by atoms with Crippen LogP contribution in [-0.2, 0) is 0 Å². The summed E-state index contributed by atoms with van der Waals surface area (Å²) in [6.45, 7) is 1.64. The van der Waals surface area contributed by atoms with E-state index in [1.54, 1.807) is 37.3 Å². The molecule has 0 unspecified atom stereocenters. The van der Waals surface area contributed by atoms with Gasteiger partial charge in [-0.25, -0.2) is 13.5 Å². The van der Waals surface area contributed by atoms with Gasteiger partial charge >= 0.3 is 0 Å². The second-order valence-electron chi connectivity index (χ2n) is 4.57. The molecule has 0 saturated carbocycles. The van der Waals surface area contributed by atoms with E-state index in [2.05, 4.69) is 30.8 Å². The summed E-state index contributed by atoms with van der Waals surface area (Å²) in [5, 5.41) is 15.8. The molecular weight excluding hydrogens is 308 g/mol. The number of anilines is 1. The van der Waals surface area contributed by atoms with Gasteiger partial charge in [0.2, 0.25) is 5.95 Å². The molecule has 1 amide bonds. The molecule has 23 heavy (non-hydrogen) atoms. The normalized spacial score (nSPS) is 11.0. The van der Waals surface area contributed by atoms with Crippen LogP contribution in [0.1, 0.15) is 28.4 Å². The Hall–Kier alpha value is -3.17. The SMILES string of the molecule is Cc1nc(NC(=O)c2nnn(-c3ccccc3)c2C(F)F)n[nH]1. The third-order valence-corrected chi connectivity index (χ3v) is 2.95. The minimum Gasteiger partial charge on any atom is -0.288 e. The highest BCUT2D eigenvalue weighted by Crippen LogP contribution is 2.24. The quantitative estimate of drug-likeness (QED) is 0.764. The number of nitrogens with zero attached hydrogens (tertiary/aromatic N) is 5. The van der Waals surface area contributed by atoms with E-state index in [1.165, 1.54) is 0 Å². The summed E-state index contributed by atoms with van der Waals surface area (Å²) in [7, 11) is 0. The molecule has 2 N–H and O–H groups in total. The van der Waals surface area contributed by atoms with Gasteiger partial charge in [-0.3, -0.25) is 15.2 Å². The summed E-state index contributed by atoms with van der Waals surface area (Å²) in [6.07, 6.45) is -2.93. The van der Waals surface area contributed by atoms with Crippen LogP contribution in [0, 0.1) is 6.92 Å². The largest absolute Gasteiger partial charge is 0.288 e. The highest BCUT2D eigenvalue weighted by Gasteiger charge is 2.27. The Morgan fingerprint density at radius 3 is 2.65 bits per heavy atom. The Labute approximate surface area is 128 Å². The average molecular weight is 319 g/mol. The second-order valence-corrected chi connectivity index (χ2v) is 4.57. The molecule has 3 rings (SSSR count). The first kappa shape index (κ1) is 14.8. The molecule has 0 aliphatic heterocycles.